The zero-order valence-corrected chi connectivity index (χ0v) is 15.3. The molecule has 1 amide bonds. The molecule has 0 spiro atoms. The predicted octanol–water partition coefficient (Wildman–Crippen LogP) is 3.25. The summed E-state index contributed by atoms with van der Waals surface area (Å²) in [5.74, 6) is -0.516. The van der Waals surface area contributed by atoms with Crippen molar-refractivity contribution in [3.8, 4) is 11.5 Å². The molecule has 0 fully saturated rings. The van der Waals surface area contributed by atoms with Gasteiger partial charge in [-0.3, -0.25) is 4.79 Å². The van der Waals surface area contributed by atoms with Crippen LogP contribution in [0.1, 0.15) is 46.5 Å². The molecule has 6 heteroatoms. The van der Waals surface area contributed by atoms with Crippen LogP contribution in [0, 0.1) is 5.92 Å². The standard InChI is InChI=1S/C19H29NO5/c1-4-5-6-7-11-24-15-9-8-10-16(12-15)25-13-17(21)20-18(14(2)3)19(22)23/h8-10,12,14,18H,4-7,11,13H2,1-3H3,(H,20,21)(H,22,23). The first-order valence-electron chi connectivity index (χ1n) is 8.81. The van der Waals surface area contributed by atoms with E-state index in [2.05, 4.69) is 12.2 Å². The van der Waals surface area contributed by atoms with Gasteiger partial charge in [0.1, 0.15) is 17.5 Å². The van der Waals surface area contributed by atoms with Crippen LogP contribution in [-0.4, -0.2) is 36.2 Å². The molecule has 25 heavy (non-hydrogen) atoms. The quantitative estimate of drug-likeness (QED) is 0.565. The number of amides is 1. The molecular formula is C19H29NO5. The van der Waals surface area contributed by atoms with Gasteiger partial charge in [-0.2, -0.15) is 0 Å². The lowest BCUT2D eigenvalue weighted by Crippen LogP contribution is -2.46. The number of carbonyl (C=O) groups is 2. The molecule has 2 N–H and O–H groups in total. The van der Waals surface area contributed by atoms with E-state index in [4.69, 9.17) is 14.6 Å². The third-order valence-electron chi connectivity index (χ3n) is 3.69. The van der Waals surface area contributed by atoms with Crippen LogP contribution in [0.2, 0.25) is 0 Å². The molecular weight excluding hydrogens is 322 g/mol. The van der Waals surface area contributed by atoms with E-state index in [0.717, 1.165) is 12.8 Å². The molecule has 1 aromatic carbocycles. The molecule has 0 heterocycles. The van der Waals surface area contributed by atoms with Crippen molar-refractivity contribution in [3.63, 3.8) is 0 Å². The molecule has 0 saturated heterocycles. The molecule has 0 aliphatic rings. The van der Waals surface area contributed by atoms with Crippen LogP contribution in [-0.2, 0) is 9.59 Å². The maximum atomic E-state index is 11.9. The van der Waals surface area contributed by atoms with E-state index >= 15 is 0 Å². The molecule has 1 aromatic rings. The average molecular weight is 351 g/mol. The zero-order valence-electron chi connectivity index (χ0n) is 15.3. The van der Waals surface area contributed by atoms with E-state index in [1.807, 2.05) is 6.07 Å². The second-order valence-electron chi connectivity index (χ2n) is 6.30. The average Bonchev–Trinajstić information content (AvgIpc) is 2.57. The lowest BCUT2D eigenvalue weighted by atomic mass is 10.1. The van der Waals surface area contributed by atoms with Crippen LogP contribution < -0.4 is 14.8 Å². The van der Waals surface area contributed by atoms with Crippen molar-refractivity contribution in [1.82, 2.24) is 5.32 Å². The van der Waals surface area contributed by atoms with E-state index in [0.29, 0.717) is 18.1 Å². The number of unbranched alkanes of at least 4 members (excludes halogenated alkanes) is 3. The van der Waals surface area contributed by atoms with Crippen LogP contribution in [0.4, 0.5) is 0 Å². The summed E-state index contributed by atoms with van der Waals surface area (Å²) in [7, 11) is 0. The molecule has 0 aliphatic carbocycles. The van der Waals surface area contributed by atoms with Crippen molar-refractivity contribution < 1.29 is 24.2 Å². The Morgan fingerprint density at radius 1 is 1.12 bits per heavy atom. The Bertz CT molecular complexity index is 544. The smallest absolute Gasteiger partial charge is 0.326 e. The minimum Gasteiger partial charge on any atom is -0.493 e. The van der Waals surface area contributed by atoms with Gasteiger partial charge in [0, 0.05) is 6.07 Å². The fourth-order valence-electron chi connectivity index (χ4n) is 2.25. The van der Waals surface area contributed by atoms with Crippen LogP contribution >= 0.6 is 0 Å². The fraction of sp³-hybridized carbons (Fsp3) is 0.579. The first-order valence-corrected chi connectivity index (χ1v) is 8.81. The van der Waals surface area contributed by atoms with Crippen molar-refractivity contribution in [2.45, 2.75) is 52.5 Å². The van der Waals surface area contributed by atoms with Crippen molar-refractivity contribution in [2.75, 3.05) is 13.2 Å². The second kappa shape index (κ2) is 11.3. The van der Waals surface area contributed by atoms with Gasteiger partial charge in [0.2, 0.25) is 0 Å². The molecule has 1 rings (SSSR count). The topological polar surface area (TPSA) is 84.9 Å². The molecule has 0 bridgehead atoms. The van der Waals surface area contributed by atoms with Crippen molar-refractivity contribution >= 4 is 11.9 Å². The highest BCUT2D eigenvalue weighted by Gasteiger charge is 2.23. The first-order chi connectivity index (χ1) is 11.9. The minimum atomic E-state index is -1.05. The minimum absolute atomic E-state index is 0.203. The first kappa shape index (κ1) is 20.8. The van der Waals surface area contributed by atoms with Gasteiger partial charge in [0.25, 0.3) is 5.91 Å². The summed E-state index contributed by atoms with van der Waals surface area (Å²) in [4.78, 5) is 23.0. The molecule has 140 valence electrons. The Morgan fingerprint density at radius 3 is 2.40 bits per heavy atom. The maximum absolute atomic E-state index is 11.9. The number of carboxylic acid groups (broad SMARTS) is 1. The Hall–Kier alpha value is -2.24. The summed E-state index contributed by atoms with van der Waals surface area (Å²) in [5, 5.41) is 11.5. The van der Waals surface area contributed by atoms with Crippen molar-refractivity contribution in [1.29, 1.82) is 0 Å². The van der Waals surface area contributed by atoms with Gasteiger partial charge in [0.15, 0.2) is 6.61 Å². The third-order valence-corrected chi connectivity index (χ3v) is 3.69. The summed E-state index contributed by atoms with van der Waals surface area (Å²) in [6.07, 6.45) is 4.54. The summed E-state index contributed by atoms with van der Waals surface area (Å²) in [6, 6.07) is 6.17. The van der Waals surface area contributed by atoms with Gasteiger partial charge in [-0.15, -0.1) is 0 Å². The summed E-state index contributed by atoms with van der Waals surface area (Å²) < 4.78 is 11.1. The van der Waals surface area contributed by atoms with E-state index in [-0.39, 0.29) is 12.5 Å². The van der Waals surface area contributed by atoms with Gasteiger partial charge in [-0.05, 0) is 24.5 Å². The van der Waals surface area contributed by atoms with E-state index in [1.54, 1.807) is 32.0 Å². The summed E-state index contributed by atoms with van der Waals surface area (Å²) in [6.45, 7) is 6.05. The molecule has 6 nitrogen and oxygen atoms in total. The van der Waals surface area contributed by atoms with Crippen LogP contribution in [0.15, 0.2) is 24.3 Å². The Morgan fingerprint density at radius 2 is 1.80 bits per heavy atom. The predicted molar refractivity (Wildman–Crippen MR) is 96.0 cm³/mol. The zero-order chi connectivity index (χ0) is 18.7. The number of hydrogen-bond donors (Lipinski definition) is 2. The Kier molecular flexibility index (Phi) is 9.43. The number of carboxylic acids is 1. The number of nitrogens with one attached hydrogen (secondary N) is 1. The molecule has 1 atom stereocenters. The third kappa shape index (κ3) is 8.42. The monoisotopic (exact) mass is 351 g/mol. The van der Waals surface area contributed by atoms with E-state index in [9.17, 15) is 9.59 Å². The summed E-state index contributed by atoms with van der Waals surface area (Å²) in [5.41, 5.74) is 0. The Balaban J connectivity index is 2.42. The lowest BCUT2D eigenvalue weighted by molar-refractivity contribution is -0.143. The normalized spacial score (nSPS) is 11.8. The van der Waals surface area contributed by atoms with E-state index < -0.39 is 17.9 Å². The largest absolute Gasteiger partial charge is 0.493 e. The Labute approximate surface area is 149 Å². The van der Waals surface area contributed by atoms with Crippen LogP contribution in [0.3, 0.4) is 0 Å². The molecule has 0 radical (unpaired) electrons. The van der Waals surface area contributed by atoms with E-state index in [1.165, 1.54) is 12.8 Å². The highest BCUT2D eigenvalue weighted by atomic mass is 16.5. The SMILES string of the molecule is CCCCCCOc1cccc(OCC(=O)NC(C(=O)O)C(C)C)c1. The van der Waals surface area contributed by atoms with Crippen molar-refractivity contribution in [3.05, 3.63) is 24.3 Å². The molecule has 0 aromatic heterocycles. The second-order valence-corrected chi connectivity index (χ2v) is 6.30. The number of carbonyl (C=O) groups excluding carboxylic acids is 1. The number of rotatable bonds is 12. The van der Waals surface area contributed by atoms with Crippen molar-refractivity contribution in [2.24, 2.45) is 5.92 Å². The van der Waals surface area contributed by atoms with Gasteiger partial charge in [-0.1, -0.05) is 46.1 Å². The number of hydrogen-bond acceptors (Lipinski definition) is 4. The molecule has 1 unspecified atom stereocenters. The van der Waals surface area contributed by atoms with Crippen LogP contribution in [0.5, 0.6) is 11.5 Å². The molecule has 0 saturated carbocycles. The number of aliphatic carboxylic acids is 1. The fourth-order valence-corrected chi connectivity index (χ4v) is 2.25. The summed E-state index contributed by atoms with van der Waals surface area (Å²) >= 11 is 0. The molecule has 0 aliphatic heterocycles. The maximum Gasteiger partial charge on any atom is 0.326 e. The van der Waals surface area contributed by atoms with Crippen LogP contribution in [0.25, 0.3) is 0 Å². The highest BCUT2D eigenvalue weighted by molar-refractivity contribution is 5.84. The number of benzene rings is 1. The van der Waals surface area contributed by atoms with Gasteiger partial charge < -0.3 is 19.9 Å². The van der Waals surface area contributed by atoms with Gasteiger partial charge >= 0.3 is 5.97 Å². The van der Waals surface area contributed by atoms with Gasteiger partial charge in [0.05, 0.1) is 6.61 Å². The lowest BCUT2D eigenvalue weighted by Gasteiger charge is -2.18. The highest BCUT2D eigenvalue weighted by Crippen LogP contribution is 2.19. The van der Waals surface area contributed by atoms with Gasteiger partial charge in [-0.25, -0.2) is 4.79 Å². The number of ether oxygens (including phenoxy) is 2.